The second-order valence-corrected chi connectivity index (χ2v) is 6.74. The highest BCUT2D eigenvalue weighted by Gasteiger charge is 2.32. The van der Waals surface area contributed by atoms with Crippen molar-refractivity contribution in [2.45, 2.75) is 32.2 Å². The van der Waals surface area contributed by atoms with E-state index in [4.69, 9.17) is 9.26 Å². The predicted molar refractivity (Wildman–Crippen MR) is 96.7 cm³/mol. The first-order chi connectivity index (χ1) is 13.0. The Hall–Kier alpha value is -3.10. The number of urea groups is 1. The Bertz CT molecular complexity index is 880. The lowest BCUT2D eigenvalue weighted by Gasteiger charge is -2.33. The van der Waals surface area contributed by atoms with E-state index in [2.05, 4.69) is 15.5 Å². The van der Waals surface area contributed by atoms with Gasteiger partial charge < -0.3 is 24.4 Å². The smallest absolute Gasteiger partial charge is 0.322 e. The average molecular weight is 371 g/mol. The van der Waals surface area contributed by atoms with Crippen LogP contribution in [0, 0.1) is 6.92 Å². The van der Waals surface area contributed by atoms with Gasteiger partial charge in [-0.25, -0.2) is 4.79 Å². The van der Waals surface area contributed by atoms with Crippen LogP contribution in [0.3, 0.4) is 0 Å². The number of likely N-dealkylation sites (tertiary alicyclic amines) is 1. The number of aromatic nitrogens is 2. The second kappa shape index (κ2) is 6.90. The summed E-state index contributed by atoms with van der Waals surface area (Å²) in [6.45, 7) is 2.37. The normalized spacial score (nSPS) is 19.5. The molecule has 1 N–H and O–H groups in total. The standard InChI is InChI=1S/C18H21N5O4/c1-11-19-17(27-21-11)14-5-3-4-8-23(14)18(25)20-12-6-7-13-15(9-12)26-10-16(24)22(13)2/h6-7,9,14H,3-5,8,10H2,1-2H3,(H,20,25)/t14-/m1/s1. The zero-order valence-electron chi connectivity index (χ0n) is 15.3. The molecule has 2 aliphatic heterocycles. The molecule has 0 bridgehead atoms. The maximum atomic E-state index is 12.9. The van der Waals surface area contributed by atoms with Crippen LogP contribution in [0.15, 0.2) is 22.7 Å². The highest BCUT2D eigenvalue weighted by Crippen LogP contribution is 2.35. The highest BCUT2D eigenvalue weighted by atomic mass is 16.5. The largest absolute Gasteiger partial charge is 0.481 e. The summed E-state index contributed by atoms with van der Waals surface area (Å²) < 4.78 is 10.8. The molecule has 1 aromatic carbocycles. The summed E-state index contributed by atoms with van der Waals surface area (Å²) in [5.41, 5.74) is 1.29. The van der Waals surface area contributed by atoms with Gasteiger partial charge in [0.05, 0.1) is 5.69 Å². The summed E-state index contributed by atoms with van der Waals surface area (Å²) in [4.78, 5) is 32.1. The SMILES string of the molecule is Cc1noc([C@H]2CCCCN2C(=O)Nc2ccc3c(c2)OCC(=O)N3C)n1. The first-order valence-corrected chi connectivity index (χ1v) is 8.94. The molecular weight excluding hydrogens is 350 g/mol. The zero-order chi connectivity index (χ0) is 19.0. The Labute approximate surface area is 156 Å². The quantitative estimate of drug-likeness (QED) is 0.870. The lowest BCUT2D eigenvalue weighted by molar-refractivity contribution is -0.120. The molecule has 4 rings (SSSR count). The first-order valence-electron chi connectivity index (χ1n) is 8.94. The molecule has 27 heavy (non-hydrogen) atoms. The van der Waals surface area contributed by atoms with Crippen molar-refractivity contribution < 1.29 is 18.8 Å². The van der Waals surface area contributed by atoms with Gasteiger partial charge in [0, 0.05) is 25.3 Å². The zero-order valence-corrected chi connectivity index (χ0v) is 15.3. The molecule has 9 heteroatoms. The van der Waals surface area contributed by atoms with Crippen molar-refractivity contribution in [1.29, 1.82) is 0 Å². The van der Waals surface area contributed by atoms with Gasteiger partial charge in [0.1, 0.15) is 11.8 Å². The second-order valence-electron chi connectivity index (χ2n) is 6.74. The van der Waals surface area contributed by atoms with E-state index in [0.29, 0.717) is 35.4 Å². The molecule has 1 aromatic heterocycles. The molecular formula is C18H21N5O4. The first kappa shape index (κ1) is 17.3. The van der Waals surface area contributed by atoms with Crippen molar-refractivity contribution in [3.8, 4) is 5.75 Å². The van der Waals surface area contributed by atoms with Crippen molar-refractivity contribution in [3.05, 3.63) is 29.9 Å². The van der Waals surface area contributed by atoms with Gasteiger partial charge in [0.25, 0.3) is 5.91 Å². The van der Waals surface area contributed by atoms with Crippen LogP contribution in [-0.4, -0.2) is 47.2 Å². The molecule has 0 aliphatic carbocycles. The molecule has 0 radical (unpaired) electrons. The number of benzene rings is 1. The van der Waals surface area contributed by atoms with Gasteiger partial charge in [-0.2, -0.15) is 4.98 Å². The molecule has 3 heterocycles. The van der Waals surface area contributed by atoms with Gasteiger partial charge in [0.15, 0.2) is 12.4 Å². The fourth-order valence-corrected chi connectivity index (χ4v) is 3.43. The van der Waals surface area contributed by atoms with Gasteiger partial charge in [-0.3, -0.25) is 4.79 Å². The van der Waals surface area contributed by atoms with Gasteiger partial charge in [-0.05, 0) is 38.3 Å². The summed E-state index contributed by atoms with van der Waals surface area (Å²) in [7, 11) is 1.70. The number of carbonyl (C=O) groups excluding carboxylic acids is 2. The number of carbonyl (C=O) groups is 2. The molecule has 1 fully saturated rings. The third kappa shape index (κ3) is 3.32. The average Bonchev–Trinajstić information content (AvgIpc) is 3.11. The highest BCUT2D eigenvalue weighted by molar-refractivity contribution is 5.98. The number of nitrogens with one attached hydrogen (secondary N) is 1. The van der Waals surface area contributed by atoms with Crippen LogP contribution in [0.2, 0.25) is 0 Å². The number of hydrogen-bond donors (Lipinski definition) is 1. The minimum absolute atomic E-state index is 0.00832. The third-order valence-corrected chi connectivity index (χ3v) is 4.89. The summed E-state index contributed by atoms with van der Waals surface area (Å²) in [6.07, 6.45) is 2.72. The van der Waals surface area contributed by atoms with Gasteiger partial charge in [0.2, 0.25) is 5.89 Å². The fraction of sp³-hybridized carbons (Fsp3) is 0.444. The minimum Gasteiger partial charge on any atom is -0.481 e. The number of aryl methyl sites for hydroxylation is 1. The molecule has 142 valence electrons. The van der Waals surface area contributed by atoms with Crippen LogP contribution in [0.4, 0.5) is 16.2 Å². The molecule has 9 nitrogen and oxygen atoms in total. The van der Waals surface area contributed by atoms with Crippen molar-refractivity contribution >= 4 is 23.3 Å². The summed E-state index contributed by atoms with van der Waals surface area (Å²) in [5, 5.41) is 6.75. The van der Waals surface area contributed by atoms with E-state index in [1.165, 1.54) is 0 Å². The van der Waals surface area contributed by atoms with Crippen LogP contribution in [-0.2, 0) is 4.79 Å². The molecule has 1 saturated heterocycles. The van der Waals surface area contributed by atoms with E-state index in [1.54, 1.807) is 42.0 Å². The summed E-state index contributed by atoms with van der Waals surface area (Å²) in [6, 6.07) is 4.79. The van der Waals surface area contributed by atoms with E-state index >= 15 is 0 Å². The molecule has 2 aromatic rings. The van der Waals surface area contributed by atoms with Crippen molar-refractivity contribution in [2.75, 3.05) is 30.4 Å². The van der Waals surface area contributed by atoms with Crippen molar-refractivity contribution in [1.82, 2.24) is 15.0 Å². The van der Waals surface area contributed by atoms with Gasteiger partial charge in [-0.15, -0.1) is 0 Å². The van der Waals surface area contributed by atoms with E-state index in [-0.39, 0.29) is 24.6 Å². The number of anilines is 2. The molecule has 0 spiro atoms. The number of piperidine rings is 1. The number of fused-ring (bicyclic) bond motifs is 1. The molecule has 1 atom stereocenters. The Morgan fingerprint density at radius 1 is 1.33 bits per heavy atom. The number of nitrogens with zero attached hydrogens (tertiary/aromatic N) is 4. The van der Waals surface area contributed by atoms with Crippen molar-refractivity contribution in [2.24, 2.45) is 0 Å². The Balaban J connectivity index is 1.52. The maximum Gasteiger partial charge on any atom is 0.322 e. The maximum absolute atomic E-state index is 12.9. The Kier molecular flexibility index (Phi) is 4.43. The third-order valence-electron chi connectivity index (χ3n) is 4.89. The Morgan fingerprint density at radius 3 is 2.96 bits per heavy atom. The lowest BCUT2D eigenvalue weighted by atomic mass is 10.0. The van der Waals surface area contributed by atoms with E-state index < -0.39 is 0 Å². The number of amides is 3. The van der Waals surface area contributed by atoms with E-state index in [0.717, 1.165) is 19.3 Å². The number of hydrogen-bond acceptors (Lipinski definition) is 6. The van der Waals surface area contributed by atoms with E-state index in [1.807, 2.05) is 0 Å². The van der Waals surface area contributed by atoms with Crippen LogP contribution < -0.4 is 15.0 Å². The summed E-state index contributed by atoms with van der Waals surface area (Å²) >= 11 is 0. The monoisotopic (exact) mass is 371 g/mol. The minimum atomic E-state index is -0.226. The Morgan fingerprint density at radius 2 is 2.19 bits per heavy atom. The molecule has 0 unspecified atom stereocenters. The fourth-order valence-electron chi connectivity index (χ4n) is 3.43. The number of ether oxygens (including phenoxy) is 1. The lowest BCUT2D eigenvalue weighted by Crippen LogP contribution is -2.41. The van der Waals surface area contributed by atoms with Crippen LogP contribution in [0.1, 0.15) is 37.0 Å². The molecule has 3 amide bonds. The number of likely N-dealkylation sites (N-methyl/N-ethyl adjacent to an activating group) is 1. The summed E-state index contributed by atoms with van der Waals surface area (Å²) in [5.74, 6) is 1.49. The van der Waals surface area contributed by atoms with Gasteiger partial charge in [-0.1, -0.05) is 5.16 Å². The van der Waals surface area contributed by atoms with Crippen LogP contribution in [0.25, 0.3) is 0 Å². The van der Waals surface area contributed by atoms with Crippen LogP contribution >= 0.6 is 0 Å². The van der Waals surface area contributed by atoms with E-state index in [9.17, 15) is 9.59 Å². The number of rotatable bonds is 2. The predicted octanol–water partition coefficient (Wildman–Crippen LogP) is 2.49. The molecule has 2 aliphatic rings. The molecule has 0 saturated carbocycles. The van der Waals surface area contributed by atoms with Crippen molar-refractivity contribution in [3.63, 3.8) is 0 Å². The topological polar surface area (TPSA) is 101 Å². The van der Waals surface area contributed by atoms with Crippen LogP contribution in [0.5, 0.6) is 5.75 Å². The van der Waals surface area contributed by atoms with Gasteiger partial charge >= 0.3 is 6.03 Å².